The van der Waals surface area contributed by atoms with Gasteiger partial charge < -0.3 is 14.7 Å². The van der Waals surface area contributed by atoms with Crippen molar-refractivity contribution in [2.45, 2.75) is 96.0 Å². The molecule has 1 unspecified atom stereocenters. The van der Waals surface area contributed by atoms with E-state index in [0.717, 1.165) is 23.8 Å². The highest BCUT2D eigenvalue weighted by molar-refractivity contribution is 7.47. The fourth-order valence-electron chi connectivity index (χ4n) is 3.65. The minimum atomic E-state index is -4.40. The molecule has 0 amide bonds. The molecule has 0 bridgehead atoms. The van der Waals surface area contributed by atoms with Crippen LogP contribution in [-0.2, 0) is 18.3 Å². The average Bonchev–Trinajstić information content (AvgIpc) is 3.18. The zero-order valence-corrected chi connectivity index (χ0v) is 21.0. The molecule has 0 spiro atoms. The predicted octanol–water partition coefficient (Wildman–Crippen LogP) is 3.38. The van der Waals surface area contributed by atoms with Crippen molar-refractivity contribution in [3.63, 3.8) is 0 Å². The maximum atomic E-state index is 13.5. The van der Waals surface area contributed by atoms with Gasteiger partial charge in [-0.2, -0.15) is 4.39 Å². The van der Waals surface area contributed by atoms with E-state index in [4.69, 9.17) is 13.8 Å². The number of ether oxygens (including phenoxy) is 1. The van der Waals surface area contributed by atoms with E-state index < -0.39 is 49.9 Å². The Morgan fingerprint density at radius 2 is 1.80 bits per heavy atom. The van der Waals surface area contributed by atoms with Gasteiger partial charge in [0.05, 0.1) is 25.5 Å². The third kappa shape index (κ3) is 10.8. The number of hydrogen-bond donors (Lipinski definition) is 3. The Morgan fingerprint density at radius 1 is 1.14 bits per heavy atom. The maximum absolute atomic E-state index is 13.5. The molecule has 1 fully saturated rings. The van der Waals surface area contributed by atoms with Crippen molar-refractivity contribution in [2.24, 2.45) is 0 Å². The van der Waals surface area contributed by atoms with Crippen molar-refractivity contribution in [2.75, 3.05) is 13.2 Å². The van der Waals surface area contributed by atoms with Crippen LogP contribution >= 0.6 is 7.82 Å². The highest BCUT2D eigenvalue weighted by atomic mass is 31.2. The number of unbranched alkanes of at least 4 members (excludes halogenated alkanes) is 8. The molecule has 4 atom stereocenters. The first-order chi connectivity index (χ1) is 16.7. The van der Waals surface area contributed by atoms with Gasteiger partial charge in [-0.1, -0.05) is 51.9 Å². The first-order valence-electron chi connectivity index (χ1n) is 12.2. The fraction of sp³-hybridized carbons (Fsp3) is 0.739. The summed E-state index contributed by atoms with van der Waals surface area (Å²) in [6.45, 7) is 1.62. The van der Waals surface area contributed by atoms with Gasteiger partial charge >= 0.3 is 13.5 Å². The van der Waals surface area contributed by atoms with Crippen LogP contribution in [0.3, 0.4) is 0 Å². The number of H-pyrrole nitrogens is 1. The summed E-state index contributed by atoms with van der Waals surface area (Å²) < 4.78 is 41.5. The number of aromatic amines is 1. The van der Waals surface area contributed by atoms with Gasteiger partial charge in [0.1, 0.15) is 12.3 Å². The number of nitrogens with zero attached hydrogens (tertiary/aromatic N) is 1. The second-order valence-corrected chi connectivity index (χ2v) is 9.96. The van der Waals surface area contributed by atoms with Crippen LogP contribution in [0, 0.1) is 17.7 Å². The van der Waals surface area contributed by atoms with Crippen LogP contribution in [0.15, 0.2) is 15.8 Å². The number of nitrogens with one attached hydrogen (secondary N) is 1. The molecule has 1 aliphatic heterocycles. The first-order valence-corrected chi connectivity index (χ1v) is 13.6. The van der Waals surface area contributed by atoms with Gasteiger partial charge in [0.15, 0.2) is 0 Å². The van der Waals surface area contributed by atoms with Crippen molar-refractivity contribution < 1.29 is 32.7 Å². The van der Waals surface area contributed by atoms with E-state index in [1.54, 1.807) is 4.98 Å². The summed E-state index contributed by atoms with van der Waals surface area (Å²) >= 11 is 0. The van der Waals surface area contributed by atoms with Crippen LogP contribution < -0.4 is 11.2 Å². The average molecular weight is 519 g/mol. The van der Waals surface area contributed by atoms with Crippen LogP contribution in [0.1, 0.15) is 83.8 Å². The van der Waals surface area contributed by atoms with Crippen LogP contribution in [0.4, 0.5) is 4.39 Å². The normalized spacial score (nSPS) is 21.4. The lowest BCUT2D eigenvalue weighted by molar-refractivity contribution is -0.0467. The van der Waals surface area contributed by atoms with E-state index in [9.17, 15) is 28.5 Å². The quantitative estimate of drug-likeness (QED) is 0.182. The lowest BCUT2D eigenvalue weighted by Gasteiger charge is -2.18. The Bertz CT molecular complexity index is 1000. The second kappa shape index (κ2) is 15.3. The second-order valence-electron chi connectivity index (χ2n) is 8.50. The molecule has 12 heteroatoms. The molecular weight excluding hydrogens is 482 g/mol. The maximum Gasteiger partial charge on any atom is 0.472 e. The molecule has 2 rings (SSSR count). The van der Waals surface area contributed by atoms with Crippen LogP contribution in [0.25, 0.3) is 0 Å². The van der Waals surface area contributed by atoms with Crippen LogP contribution in [0.5, 0.6) is 0 Å². The zero-order chi connectivity index (χ0) is 25.7. The Labute approximate surface area is 204 Å². The number of aliphatic hydroxyl groups is 1. The van der Waals surface area contributed by atoms with E-state index in [1.165, 1.54) is 38.5 Å². The molecule has 3 N–H and O–H groups in total. The molecule has 1 aromatic rings. The lowest BCUT2D eigenvalue weighted by atomic mass is 10.1. The van der Waals surface area contributed by atoms with Crippen LogP contribution in [0.2, 0.25) is 0 Å². The summed E-state index contributed by atoms with van der Waals surface area (Å²) in [6, 6.07) is 0. The summed E-state index contributed by atoms with van der Waals surface area (Å²) in [7, 11) is -4.40. The number of aromatic nitrogens is 2. The predicted molar refractivity (Wildman–Crippen MR) is 127 cm³/mol. The van der Waals surface area contributed by atoms with Crippen molar-refractivity contribution in [3.05, 3.63) is 32.9 Å². The Balaban J connectivity index is 1.63. The minimum absolute atomic E-state index is 0.0963. The molecule has 1 aliphatic rings. The summed E-state index contributed by atoms with van der Waals surface area (Å²) in [6.07, 6.45) is 8.17. The number of halogens is 1. The molecule has 1 aromatic heterocycles. The monoisotopic (exact) mass is 518 g/mol. The highest BCUT2D eigenvalue weighted by Crippen LogP contribution is 2.44. The van der Waals surface area contributed by atoms with Gasteiger partial charge in [-0.15, -0.1) is 11.8 Å². The third-order valence-corrected chi connectivity index (χ3v) is 6.59. The molecule has 0 radical (unpaired) electrons. The Kier molecular flexibility index (Phi) is 12.9. The minimum Gasteiger partial charge on any atom is -0.390 e. The SMILES string of the molecule is CCCCCCCCCCC#CCCOP(=O)(O)OC[C@H]1O[C@@H](n2cc(F)c(=O)[nH]c2=O)C[C@@H]1O. The highest BCUT2D eigenvalue weighted by Gasteiger charge is 2.37. The zero-order valence-electron chi connectivity index (χ0n) is 20.1. The number of hydrogen-bond acceptors (Lipinski definition) is 7. The van der Waals surface area contributed by atoms with Crippen molar-refractivity contribution >= 4 is 7.82 Å². The largest absolute Gasteiger partial charge is 0.472 e. The third-order valence-electron chi connectivity index (χ3n) is 5.60. The van der Waals surface area contributed by atoms with Crippen molar-refractivity contribution in [1.82, 2.24) is 9.55 Å². The van der Waals surface area contributed by atoms with Gasteiger partial charge in [-0.25, -0.2) is 9.36 Å². The first kappa shape index (κ1) is 29.4. The van der Waals surface area contributed by atoms with E-state index in [0.29, 0.717) is 6.20 Å². The number of phosphoric acid groups is 1. The molecular formula is C23H36FN2O8P. The van der Waals surface area contributed by atoms with E-state index in [-0.39, 0.29) is 19.4 Å². The van der Waals surface area contributed by atoms with Gasteiger partial charge in [0.25, 0.3) is 5.56 Å². The number of aliphatic hydroxyl groups excluding tert-OH is 1. The summed E-state index contributed by atoms with van der Waals surface area (Å²) in [5.74, 6) is 4.75. The molecule has 0 aromatic carbocycles. The fourth-order valence-corrected chi connectivity index (χ4v) is 4.38. The molecule has 35 heavy (non-hydrogen) atoms. The standard InChI is InChI=1S/C23H36FN2O8P/c1-2-3-4-5-6-7-8-9-10-11-12-13-14-32-35(30,31)33-17-20-19(27)15-21(34-20)26-16-18(24)22(28)25-23(26)29/h16,19-21,27H,2-10,13-15,17H2,1H3,(H,30,31)(H,25,28,29)/t19-,20+,21+/m0/s1. The molecule has 1 saturated heterocycles. The number of rotatable bonds is 15. The summed E-state index contributed by atoms with van der Waals surface area (Å²) in [4.78, 5) is 34.6. The van der Waals surface area contributed by atoms with Gasteiger partial charge in [0.2, 0.25) is 5.82 Å². The Hall–Kier alpha value is -1.80. The van der Waals surface area contributed by atoms with Crippen molar-refractivity contribution in [3.8, 4) is 11.8 Å². The molecule has 0 saturated carbocycles. The van der Waals surface area contributed by atoms with E-state index >= 15 is 0 Å². The topological polar surface area (TPSA) is 140 Å². The summed E-state index contributed by atoms with van der Waals surface area (Å²) in [5, 5.41) is 10.1. The molecule has 198 valence electrons. The van der Waals surface area contributed by atoms with Gasteiger partial charge in [-0.05, 0) is 6.42 Å². The van der Waals surface area contributed by atoms with E-state index in [2.05, 4.69) is 18.8 Å². The smallest absolute Gasteiger partial charge is 0.390 e. The Morgan fingerprint density at radius 3 is 2.51 bits per heavy atom. The van der Waals surface area contributed by atoms with Crippen molar-refractivity contribution in [1.29, 1.82) is 0 Å². The molecule has 0 aliphatic carbocycles. The van der Waals surface area contributed by atoms with Gasteiger partial charge in [0, 0.05) is 19.3 Å². The molecule has 10 nitrogen and oxygen atoms in total. The summed E-state index contributed by atoms with van der Waals surface area (Å²) in [5.41, 5.74) is -2.07. The molecule has 2 heterocycles. The van der Waals surface area contributed by atoms with Gasteiger partial charge in [-0.3, -0.25) is 23.4 Å². The van der Waals surface area contributed by atoms with E-state index in [1.807, 2.05) is 0 Å². The number of phosphoric ester groups is 1. The lowest BCUT2D eigenvalue weighted by Crippen LogP contribution is -2.34. The van der Waals surface area contributed by atoms with Crippen LogP contribution in [-0.4, -0.2) is 45.0 Å².